The molecule has 0 aromatic heterocycles. The van der Waals surface area contributed by atoms with E-state index in [0.29, 0.717) is 11.5 Å². The van der Waals surface area contributed by atoms with Gasteiger partial charge in [0.05, 0.1) is 21.3 Å². The van der Waals surface area contributed by atoms with Gasteiger partial charge in [0.2, 0.25) is 0 Å². The Morgan fingerprint density at radius 1 is 1.04 bits per heavy atom. The van der Waals surface area contributed by atoms with Crippen LogP contribution in [0.5, 0.6) is 17.2 Å². The quantitative estimate of drug-likeness (QED) is 0.694. The van der Waals surface area contributed by atoms with E-state index in [9.17, 15) is 9.59 Å². The Kier molecular flexibility index (Phi) is 7.88. The van der Waals surface area contributed by atoms with E-state index in [1.165, 1.54) is 33.5 Å². The molecule has 0 bridgehead atoms. The topological polar surface area (TPSA) is 83.1 Å². The number of hydrogen-bond acceptors (Lipinski definition) is 6. The van der Waals surface area contributed by atoms with Gasteiger partial charge in [-0.05, 0) is 13.3 Å². The summed E-state index contributed by atoms with van der Waals surface area (Å²) < 4.78 is 20.6. The van der Waals surface area contributed by atoms with Crippen LogP contribution in [0.1, 0.15) is 37.0 Å². The molecule has 1 aromatic rings. The third kappa shape index (κ3) is 5.33. The fourth-order valence-electron chi connectivity index (χ4n) is 2.22. The third-order valence-corrected chi connectivity index (χ3v) is 3.39. The second-order valence-corrected chi connectivity index (χ2v) is 5.24. The van der Waals surface area contributed by atoms with Crippen LogP contribution < -0.4 is 19.5 Å². The molecule has 24 heavy (non-hydrogen) atoms. The average molecular weight is 339 g/mol. The number of carbonyl (C=O) groups excluding carboxylic acids is 2. The number of carbonyl (C=O) groups is 2. The summed E-state index contributed by atoms with van der Waals surface area (Å²) >= 11 is 0. The van der Waals surface area contributed by atoms with Crippen molar-refractivity contribution < 1.29 is 28.5 Å². The molecule has 0 aliphatic carbocycles. The van der Waals surface area contributed by atoms with Crippen LogP contribution in [-0.2, 0) is 9.53 Å². The lowest BCUT2D eigenvalue weighted by Gasteiger charge is -2.15. The molecule has 0 aliphatic rings. The third-order valence-electron chi connectivity index (χ3n) is 3.39. The summed E-state index contributed by atoms with van der Waals surface area (Å²) in [5, 5.41) is 2.76. The summed E-state index contributed by atoms with van der Waals surface area (Å²) in [5.74, 6) is 0.0514. The van der Waals surface area contributed by atoms with Gasteiger partial charge in [-0.15, -0.1) is 0 Å². The molecule has 7 nitrogen and oxygen atoms in total. The Morgan fingerprint density at radius 3 is 2.17 bits per heavy atom. The second kappa shape index (κ2) is 9.64. The molecule has 0 heterocycles. The first-order chi connectivity index (χ1) is 11.5. The summed E-state index contributed by atoms with van der Waals surface area (Å²) in [6.07, 6.45) is 1.83. The summed E-state index contributed by atoms with van der Waals surface area (Å²) in [6, 6.07) is 3.02. The molecular formula is C17H25NO6. The van der Waals surface area contributed by atoms with Crippen molar-refractivity contribution in [1.82, 2.24) is 5.32 Å². The van der Waals surface area contributed by atoms with E-state index in [0.717, 1.165) is 12.8 Å². The predicted molar refractivity (Wildman–Crippen MR) is 88.9 cm³/mol. The van der Waals surface area contributed by atoms with Crippen LogP contribution >= 0.6 is 0 Å². The van der Waals surface area contributed by atoms with Crippen molar-refractivity contribution in [3.05, 3.63) is 17.7 Å². The molecular weight excluding hydrogens is 314 g/mol. The van der Waals surface area contributed by atoms with Gasteiger partial charge < -0.3 is 24.3 Å². The van der Waals surface area contributed by atoms with Gasteiger partial charge in [-0.2, -0.15) is 0 Å². The fourth-order valence-corrected chi connectivity index (χ4v) is 2.22. The van der Waals surface area contributed by atoms with Crippen LogP contribution in [0.2, 0.25) is 0 Å². The number of rotatable bonds is 9. The Bertz CT molecular complexity index is 572. The van der Waals surface area contributed by atoms with Gasteiger partial charge in [0.25, 0.3) is 5.91 Å². The van der Waals surface area contributed by atoms with Gasteiger partial charge in [0, 0.05) is 18.2 Å². The molecule has 134 valence electrons. The lowest BCUT2D eigenvalue weighted by atomic mass is 10.1. The summed E-state index contributed by atoms with van der Waals surface area (Å²) in [6.45, 7) is 3.58. The number of amides is 1. The van der Waals surface area contributed by atoms with Crippen LogP contribution in [0.15, 0.2) is 12.1 Å². The molecule has 0 saturated heterocycles. The van der Waals surface area contributed by atoms with E-state index in [1.807, 2.05) is 13.8 Å². The minimum absolute atomic E-state index is 0.0387. The zero-order chi connectivity index (χ0) is 18.1. The lowest BCUT2D eigenvalue weighted by Crippen LogP contribution is -2.35. The van der Waals surface area contributed by atoms with E-state index in [4.69, 9.17) is 18.9 Å². The molecule has 0 saturated carbocycles. The van der Waals surface area contributed by atoms with Gasteiger partial charge in [-0.25, -0.2) is 4.79 Å². The van der Waals surface area contributed by atoms with Crippen molar-refractivity contribution in [2.75, 3.05) is 27.9 Å². The summed E-state index contributed by atoms with van der Waals surface area (Å²) in [4.78, 5) is 24.0. The molecule has 0 fully saturated rings. The molecule has 0 unspecified atom stereocenters. The van der Waals surface area contributed by atoms with Gasteiger partial charge in [-0.1, -0.05) is 13.3 Å². The summed E-state index contributed by atoms with van der Waals surface area (Å²) in [7, 11) is 4.37. The standard InChI is InChI=1S/C17H25NO6/c1-6-7-11(2)18-16(19)10-24-17(20)12-8-14(22-4)15(23-5)9-13(12)21-3/h8-9,11H,6-7,10H2,1-5H3,(H,18,19)/t11-/m1/s1. The predicted octanol–water partition coefficient (Wildman–Crippen LogP) is 2.17. The molecule has 1 aromatic carbocycles. The van der Waals surface area contributed by atoms with Crippen molar-refractivity contribution in [1.29, 1.82) is 0 Å². The number of esters is 1. The zero-order valence-electron chi connectivity index (χ0n) is 14.8. The van der Waals surface area contributed by atoms with Gasteiger partial charge in [-0.3, -0.25) is 4.79 Å². The minimum atomic E-state index is -0.675. The lowest BCUT2D eigenvalue weighted by molar-refractivity contribution is -0.124. The maximum absolute atomic E-state index is 12.2. The minimum Gasteiger partial charge on any atom is -0.496 e. The SMILES string of the molecule is CCC[C@@H](C)NC(=O)COC(=O)c1cc(OC)c(OC)cc1OC. The van der Waals surface area contributed by atoms with Crippen LogP contribution in [0, 0.1) is 0 Å². The van der Waals surface area contributed by atoms with Crippen LogP contribution in [-0.4, -0.2) is 45.9 Å². The molecule has 1 atom stereocenters. The van der Waals surface area contributed by atoms with Crippen molar-refractivity contribution in [2.45, 2.75) is 32.7 Å². The Balaban J connectivity index is 2.78. The molecule has 0 spiro atoms. The Labute approximate surface area is 142 Å². The van der Waals surface area contributed by atoms with Crippen molar-refractivity contribution in [3.63, 3.8) is 0 Å². The van der Waals surface area contributed by atoms with Crippen LogP contribution in [0.3, 0.4) is 0 Å². The van der Waals surface area contributed by atoms with Crippen molar-refractivity contribution >= 4 is 11.9 Å². The number of ether oxygens (including phenoxy) is 4. The van der Waals surface area contributed by atoms with Crippen molar-refractivity contribution in [3.8, 4) is 17.2 Å². The molecule has 0 aliphatic heterocycles. The smallest absolute Gasteiger partial charge is 0.342 e. The molecule has 1 N–H and O–H groups in total. The number of nitrogens with one attached hydrogen (secondary N) is 1. The number of methoxy groups -OCH3 is 3. The first-order valence-electron chi connectivity index (χ1n) is 7.73. The molecule has 1 amide bonds. The van der Waals surface area contributed by atoms with Crippen molar-refractivity contribution in [2.24, 2.45) is 0 Å². The number of benzene rings is 1. The summed E-state index contributed by atoms with van der Waals surface area (Å²) in [5.41, 5.74) is 0.157. The van der Waals surface area contributed by atoms with E-state index < -0.39 is 5.97 Å². The number of hydrogen-bond donors (Lipinski definition) is 1. The maximum atomic E-state index is 12.2. The highest BCUT2D eigenvalue weighted by molar-refractivity contribution is 5.95. The van der Waals surface area contributed by atoms with E-state index in [-0.39, 0.29) is 29.9 Å². The zero-order valence-corrected chi connectivity index (χ0v) is 14.8. The molecule has 7 heteroatoms. The molecule has 1 rings (SSSR count). The first-order valence-corrected chi connectivity index (χ1v) is 7.73. The van der Waals surface area contributed by atoms with Crippen LogP contribution in [0.25, 0.3) is 0 Å². The first kappa shape index (κ1) is 19.6. The molecule has 0 radical (unpaired) electrons. The van der Waals surface area contributed by atoms with E-state index in [2.05, 4.69) is 5.32 Å². The van der Waals surface area contributed by atoms with Gasteiger partial charge in [0.15, 0.2) is 18.1 Å². The highest BCUT2D eigenvalue weighted by atomic mass is 16.5. The Hall–Kier alpha value is -2.44. The van der Waals surface area contributed by atoms with Crippen LogP contribution in [0.4, 0.5) is 0 Å². The Morgan fingerprint density at radius 2 is 1.62 bits per heavy atom. The van der Waals surface area contributed by atoms with Gasteiger partial charge >= 0.3 is 5.97 Å². The van der Waals surface area contributed by atoms with E-state index in [1.54, 1.807) is 0 Å². The normalized spacial score (nSPS) is 11.4. The fraction of sp³-hybridized carbons (Fsp3) is 0.529. The van der Waals surface area contributed by atoms with E-state index >= 15 is 0 Å². The second-order valence-electron chi connectivity index (χ2n) is 5.24. The average Bonchev–Trinajstić information content (AvgIpc) is 2.58. The highest BCUT2D eigenvalue weighted by Crippen LogP contribution is 2.34. The van der Waals surface area contributed by atoms with Gasteiger partial charge in [0.1, 0.15) is 11.3 Å². The maximum Gasteiger partial charge on any atom is 0.342 e. The monoisotopic (exact) mass is 339 g/mol. The highest BCUT2D eigenvalue weighted by Gasteiger charge is 2.20. The largest absolute Gasteiger partial charge is 0.496 e.